The number of H-pyrrole nitrogens is 2. The first-order valence-corrected chi connectivity index (χ1v) is 5.90. The Balaban J connectivity index is 2.66. The van der Waals surface area contributed by atoms with Crippen LogP contribution >= 0.6 is 27.5 Å². The summed E-state index contributed by atoms with van der Waals surface area (Å²) in [6, 6.07) is 3.77. The number of nitrogens with one attached hydrogen (secondary N) is 2. The van der Waals surface area contributed by atoms with Crippen molar-refractivity contribution < 1.29 is 0 Å². The molecule has 0 bridgehead atoms. The average Bonchev–Trinajstić information content (AvgIpc) is 2.55. The van der Waals surface area contributed by atoms with Crippen LogP contribution in [0.3, 0.4) is 0 Å². The van der Waals surface area contributed by atoms with Crippen LogP contribution in [0.15, 0.2) is 21.4 Å². The highest BCUT2D eigenvalue weighted by atomic mass is 79.9. The van der Waals surface area contributed by atoms with Crippen LogP contribution in [0, 0.1) is 0 Å². The highest BCUT2D eigenvalue weighted by Gasteiger charge is 2.11. The molecule has 15 heavy (non-hydrogen) atoms. The standard InChI is InChI=1S/C10H10BrClN2O/c1-2-7(12)5-3-8-9(4-6(5)11)14-10(15)13-8/h3-4,7H,2H2,1H3,(H2,13,14,15). The molecule has 5 heteroatoms. The van der Waals surface area contributed by atoms with Crippen molar-refractivity contribution in [1.82, 2.24) is 9.97 Å². The molecule has 0 aliphatic rings. The molecule has 0 spiro atoms. The van der Waals surface area contributed by atoms with Crippen molar-refractivity contribution in [3.8, 4) is 0 Å². The van der Waals surface area contributed by atoms with Crippen LogP contribution in [-0.2, 0) is 0 Å². The first-order chi connectivity index (χ1) is 7.11. The lowest BCUT2D eigenvalue weighted by Crippen LogP contribution is -1.99. The predicted molar refractivity (Wildman–Crippen MR) is 65.5 cm³/mol. The third kappa shape index (κ3) is 1.96. The van der Waals surface area contributed by atoms with Crippen molar-refractivity contribution in [2.45, 2.75) is 18.7 Å². The topological polar surface area (TPSA) is 48.6 Å². The quantitative estimate of drug-likeness (QED) is 0.819. The third-order valence-electron chi connectivity index (χ3n) is 2.33. The summed E-state index contributed by atoms with van der Waals surface area (Å²) >= 11 is 9.62. The van der Waals surface area contributed by atoms with Crippen LogP contribution in [0.25, 0.3) is 11.0 Å². The lowest BCUT2D eigenvalue weighted by Gasteiger charge is -2.09. The van der Waals surface area contributed by atoms with Gasteiger partial charge in [0.25, 0.3) is 0 Å². The molecule has 1 atom stereocenters. The second-order valence-corrected chi connectivity index (χ2v) is 4.76. The molecule has 1 unspecified atom stereocenters. The van der Waals surface area contributed by atoms with Crippen LogP contribution in [0.1, 0.15) is 24.3 Å². The minimum absolute atomic E-state index is 0.0397. The molecule has 2 N–H and O–H groups in total. The van der Waals surface area contributed by atoms with Crippen molar-refractivity contribution in [3.63, 3.8) is 0 Å². The van der Waals surface area contributed by atoms with Crippen molar-refractivity contribution in [3.05, 3.63) is 32.7 Å². The second-order valence-electron chi connectivity index (χ2n) is 3.37. The lowest BCUT2D eigenvalue weighted by molar-refractivity contribution is 0.880. The van der Waals surface area contributed by atoms with Gasteiger partial charge in [-0.15, -0.1) is 11.6 Å². The Hall–Kier alpha value is -0.740. The van der Waals surface area contributed by atoms with Crippen molar-refractivity contribution in [1.29, 1.82) is 0 Å². The molecule has 1 aromatic carbocycles. The molecule has 3 nitrogen and oxygen atoms in total. The number of hydrogen-bond donors (Lipinski definition) is 2. The number of rotatable bonds is 2. The molecule has 0 saturated carbocycles. The van der Waals surface area contributed by atoms with Crippen molar-refractivity contribution >= 4 is 38.6 Å². The predicted octanol–water partition coefficient (Wildman–Crippen LogP) is 3.31. The van der Waals surface area contributed by atoms with E-state index in [9.17, 15) is 4.79 Å². The Morgan fingerprint density at radius 1 is 1.40 bits per heavy atom. The number of hydrogen-bond acceptors (Lipinski definition) is 1. The number of benzene rings is 1. The van der Waals surface area contributed by atoms with Gasteiger partial charge in [0, 0.05) is 4.47 Å². The van der Waals surface area contributed by atoms with E-state index in [1.807, 2.05) is 19.1 Å². The number of aromatic nitrogens is 2. The molecule has 80 valence electrons. The maximum absolute atomic E-state index is 11.1. The van der Waals surface area contributed by atoms with Gasteiger partial charge in [-0.2, -0.15) is 0 Å². The van der Waals surface area contributed by atoms with Crippen LogP contribution in [0.5, 0.6) is 0 Å². The van der Waals surface area contributed by atoms with Crippen molar-refractivity contribution in [2.75, 3.05) is 0 Å². The molecule has 0 aliphatic heterocycles. The maximum Gasteiger partial charge on any atom is 0.323 e. The second kappa shape index (κ2) is 4.02. The summed E-state index contributed by atoms with van der Waals surface area (Å²) in [4.78, 5) is 16.5. The summed E-state index contributed by atoms with van der Waals surface area (Å²) < 4.78 is 0.923. The van der Waals surface area contributed by atoms with E-state index in [4.69, 9.17) is 11.6 Å². The molecular weight excluding hydrogens is 279 g/mol. The fourth-order valence-electron chi connectivity index (χ4n) is 1.53. The molecule has 0 fully saturated rings. The van der Waals surface area contributed by atoms with Gasteiger partial charge >= 0.3 is 5.69 Å². The number of halogens is 2. The Morgan fingerprint density at radius 3 is 2.60 bits per heavy atom. The van der Waals surface area contributed by atoms with E-state index in [0.29, 0.717) is 0 Å². The van der Waals surface area contributed by atoms with Crippen LogP contribution in [0.2, 0.25) is 0 Å². The molecule has 1 heterocycles. The van der Waals surface area contributed by atoms with E-state index in [0.717, 1.165) is 27.5 Å². The number of aromatic amines is 2. The van der Waals surface area contributed by atoms with E-state index in [2.05, 4.69) is 25.9 Å². The van der Waals surface area contributed by atoms with Gasteiger partial charge in [0.2, 0.25) is 0 Å². The summed E-state index contributed by atoms with van der Waals surface area (Å²) in [7, 11) is 0. The minimum Gasteiger partial charge on any atom is -0.306 e. The monoisotopic (exact) mass is 288 g/mol. The Kier molecular flexibility index (Phi) is 2.89. The SMILES string of the molecule is CCC(Cl)c1cc2[nH]c(=O)[nH]c2cc1Br. The Labute approximate surface area is 100.0 Å². The third-order valence-corrected chi connectivity index (χ3v) is 3.56. The van der Waals surface area contributed by atoms with Gasteiger partial charge in [0.05, 0.1) is 16.4 Å². The fraction of sp³-hybridized carbons (Fsp3) is 0.300. The first-order valence-electron chi connectivity index (χ1n) is 4.67. The summed E-state index contributed by atoms with van der Waals surface area (Å²) in [5, 5.41) is -0.0397. The van der Waals surface area contributed by atoms with E-state index in [1.165, 1.54) is 0 Å². The van der Waals surface area contributed by atoms with Crippen LogP contribution < -0.4 is 5.69 Å². The molecule has 2 aromatic rings. The number of fused-ring (bicyclic) bond motifs is 1. The molecule has 0 aliphatic carbocycles. The zero-order chi connectivity index (χ0) is 11.0. The molecule has 1 aromatic heterocycles. The van der Waals surface area contributed by atoms with Gasteiger partial charge in [-0.3, -0.25) is 0 Å². The van der Waals surface area contributed by atoms with E-state index in [-0.39, 0.29) is 11.1 Å². The number of alkyl halides is 1. The van der Waals surface area contributed by atoms with Gasteiger partial charge < -0.3 is 9.97 Å². The van der Waals surface area contributed by atoms with Gasteiger partial charge in [0.15, 0.2) is 0 Å². The zero-order valence-electron chi connectivity index (χ0n) is 8.10. The van der Waals surface area contributed by atoms with Crippen LogP contribution in [-0.4, -0.2) is 9.97 Å². The highest BCUT2D eigenvalue weighted by molar-refractivity contribution is 9.10. The summed E-state index contributed by atoms with van der Waals surface area (Å²) in [6.45, 7) is 2.02. The van der Waals surface area contributed by atoms with Gasteiger partial charge in [-0.25, -0.2) is 4.79 Å². The Bertz CT molecular complexity index is 546. The van der Waals surface area contributed by atoms with Gasteiger partial charge in [0.1, 0.15) is 0 Å². The van der Waals surface area contributed by atoms with Gasteiger partial charge in [-0.1, -0.05) is 22.9 Å². The first kappa shape index (κ1) is 10.8. The largest absolute Gasteiger partial charge is 0.323 e. The molecule has 0 amide bonds. The fourth-order valence-corrected chi connectivity index (χ4v) is 2.46. The molecule has 0 radical (unpaired) electrons. The summed E-state index contributed by atoms with van der Waals surface area (Å²) in [6.07, 6.45) is 0.848. The van der Waals surface area contributed by atoms with Crippen LogP contribution in [0.4, 0.5) is 0 Å². The van der Waals surface area contributed by atoms with E-state index < -0.39 is 0 Å². The Morgan fingerprint density at radius 2 is 2.00 bits per heavy atom. The van der Waals surface area contributed by atoms with Crippen molar-refractivity contribution in [2.24, 2.45) is 0 Å². The number of imidazole rings is 1. The summed E-state index contributed by atoms with van der Waals surface area (Å²) in [5.41, 5.74) is 2.38. The lowest BCUT2D eigenvalue weighted by atomic mass is 10.1. The zero-order valence-corrected chi connectivity index (χ0v) is 10.4. The molecular formula is C10H10BrClN2O. The minimum atomic E-state index is -0.198. The van der Waals surface area contributed by atoms with E-state index in [1.54, 1.807) is 0 Å². The van der Waals surface area contributed by atoms with Gasteiger partial charge in [-0.05, 0) is 24.1 Å². The highest BCUT2D eigenvalue weighted by Crippen LogP contribution is 2.32. The molecule has 0 saturated heterocycles. The van der Waals surface area contributed by atoms with E-state index >= 15 is 0 Å². The summed E-state index contributed by atoms with van der Waals surface area (Å²) in [5.74, 6) is 0. The smallest absolute Gasteiger partial charge is 0.306 e. The normalized spacial score (nSPS) is 13.3. The average molecular weight is 290 g/mol. The molecule has 2 rings (SSSR count). The maximum atomic E-state index is 11.1.